The van der Waals surface area contributed by atoms with Crippen molar-refractivity contribution >= 4 is 24.4 Å². The van der Waals surface area contributed by atoms with Crippen LogP contribution in [0.5, 0.6) is 0 Å². The van der Waals surface area contributed by atoms with Crippen LogP contribution in [0.2, 0.25) is 0 Å². The topological polar surface area (TPSA) is 6.48 Å². The highest BCUT2D eigenvalue weighted by Crippen LogP contribution is 2.22. The van der Waals surface area contributed by atoms with Gasteiger partial charge >= 0.3 is 0 Å². The molecule has 0 saturated heterocycles. The van der Waals surface area contributed by atoms with Gasteiger partial charge in [-0.05, 0) is 39.3 Å². The van der Waals surface area contributed by atoms with E-state index in [1.54, 1.807) is 0 Å². The largest absolute Gasteiger partial charge is 0.348 e. The number of nitrogens with zero attached hydrogens (tertiary/aromatic N) is 2. The second kappa shape index (κ2) is 5.12. The Morgan fingerprint density at radius 3 is 1.30 bits per heavy atom. The lowest BCUT2D eigenvalue weighted by atomic mass is 9.12. The first-order valence-corrected chi connectivity index (χ1v) is 7.12. The zero-order valence-electron chi connectivity index (χ0n) is 12.7. The Hall–Kier alpha value is -1.51. The van der Waals surface area contributed by atoms with Crippen molar-refractivity contribution in [3.8, 4) is 11.1 Å². The molecular weight excluding hydrogens is 242 g/mol. The molecule has 0 radical (unpaired) electrons. The average molecular weight is 262 g/mol. The Kier molecular flexibility index (Phi) is 3.45. The van der Waals surface area contributed by atoms with Crippen LogP contribution in [-0.4, -0.2) is 51.3 Å². The maximum atomic E-state index is 2.33. The molecular formula is C16H20B2N2. The molecule has 1 heterocycles. The quantitative estimate of drug-likeness (QED) is 0.744. The molecule has 2 aromatic rings. The van der Waals surface area contributed by atoms with Gasteiger partial charge in [0.15, 0.2) is 0 Å². The summed E-state index contributed by atoms with van der Waals surface area (Å²) >= 11 is 0. The number of benzene rings is 2. The van der Waals surface area contributed by atoms with Crippen molar-refractivity contribution in [1.82, 2.24) is 9.62 Å². The molecule has 0 spiro atoms. The first-order chi connectivity index (χ1) is 9.61. The molecule has 100 valence electrons. The summed E-state index contributed by atoms with van der Waals surface area (Å²) in [5.74, 6) is 0. The molecule has 0 N–H and O–H groups in total. The van der Waals surface area contributed by atoms with Crippen LogP contribution in [0.1, 0.15) is 0 Å². The third-order valence-electron chi connectivity index (χ3n) is 4.26. The number of fused-ring (bicyclic) bond motifs is 3. The normalized spacial score (nSPS) is 13.7. The first kappa shape index (κ1) is 13.5. The molecule has 0 unspecified atom stereocenters. The van der Waals surface area contributed by atoms with E-state index in [0.29, 0.717) is 13.5 Å². The fourth-order valence-electron chi connectivity index (χ4n) is 3.46. The number of rotatable bonds is 2. The highest BCUT2D eigenvalue weighted by Gasteiger charge is 2.42. The third kappa shape index (κ3) is 2.00. The van der Waals surface area contributed by atoms with E-state index in [9.17, 15) is 0 Å². The van der Waals surface area contributed by atoms with E-state index in [-0.39, 0.29) is 0 Å². The van der Waals surface area contributed by atoms with Crippen LogP contribution < -0.4 is 10.9 Å². The van der Waals surface area contributed by atoms with Crippen LogP contribution in [0.15, 0.2) is 48.5 Å². The maximum Gasteiger partial charge on any atom is 0.247 e. The summed E-state index contributed by atoms with van der Waals surface area (Å²) in [5, 5.41) is 0. The van der Waals surface area contributed by atoms with Gasteiger partial charge < -0.3 is 9.62 Å². The lowest BCUT2D eigenvalue weighted by molar-refractivity contribution is 0.632. The molecule has 0 saturated carbocycles. The minimum absolute atomic E-state index is 0.385. The second-order valence-corrected chi connectivity index (χ2v) is 5.99. The summed E-state index contributed by atoms with van der Waals surface area (Å²) in [6, 6.07) is 17.6. The molecule has 1 aliphatic rings. The lowest BCUT2D eigenvalue weighted by Crippen LogP contribution is -2.69. The summed E-state index contributed by atoms with van der Waals surface area (Å²) in [6.07, 6.45) is 0. The highest BCUT2D eigenvalue weighted by molar-refractivity contribution is 7.31. The van der Waals surface area contributed by atoms with E-state index in [1.807, 2.05) is 0 Å². The van der Waals surface area contributed by atoms with Gasteiger partial charge in [-0.15, -0.1) is 0 Å². The van der Waals surface area contributed by atoms with Gasteiger partial charge in [0, 0.05) is 0 Å². The predicted octanol–water partition coefficient (Wildman–Crippen LogP) is 0.966. The van der Waals surface area contributed by atoms with E-state index in [4.69, 9.17) is 0 Å². The molecule has 4 heteroatoms. The van der Waals surface area contributed by atoms with Gasteiger partial charge in [-0.2, -0.15) is 0 Å². The molecule has 0 aliphatic carbocycles. The summed E-state index contributed by atoms with van der Waals surface area (Å²) in [6.45, 7) is 0.771. The Balaban J connectivity index is 2.29. The maximum absolute atomic E-state index is 2.33. The second-order valence-electron chi connectivity index (χ2n) is 5.99. The van der Waals surface area contributed by atoms with Crippen LogP contribution in [0.4, 0.5) is 0 Å². The van der Waals surface area contributed by atoms with E-state index < -0.39 is 0 Å². The zero-order valence-corrected chi connectivity index (χ0v) is 12.7. The molecule has 3 rings (SSSR count). The van der Waals surface area contributed by atoms with E-state index in [2.05, 4.69) is 86.3 Å². The highest BCUT2D eigenvalue weighted by atomic mass is 15.0. The van der Waals surface area contributed by atoms with E-state index in [1.165, 1.54) is 22.1 Å². The fraction of sp³-hybridized carbons (Fsp3) is 0.250. The average Bonchev–Trinajstić information content (AvgIpc) is 2.45. The van der Waals surface area contributed by atoms with Crippen LogP contribution in [0.3, 0.4) is 0 Å². The molecule has 2 nitrogen and oxygen atoms in total. The molecule has 0 aromatic heterocycles. The molecule has 20 heavy (non-hydrogen) atoms. The van der Waals surface area contributed by atoms with Crippen molar-refractivity contribution in [2.45, 2.75) is 0 Å². The van der Waals surface area contributed by atoms with Crippen molar-refractivity contribution in [2.75, 3.05) is 28.2 Å². The molecule has 1 aliphatic heterocycles. The predicted molar refractivity (Wildman–Crippen MR) is 90.0 cm³/mol. The van der Waals surface area contributed by atoms with Crippen LogP contribution in [0.25, 0.3) is 11.1 Å². The van der Waals surface area contributed by atoms with Crippen molar-refractivity contribution in [2.24, 2.45) is 0 Å². The van der Waals surface area contributed by atoms with E-state index >= 15 is 0 Å². The van der Waals surface area contributed by atoms with Crippen molar-refractivity contribution in [3.63, 3.8) is 0 Å². The fourth-order valence-corrected chi connectivity index (χ4v) is 3.46. The van der Waals surface area contributed by atoms with Crippen molar-refractivity contribution in [1.29, 1.82) is 0 Å². The minimum Gasteiger partial charge on any atom is -0.348 e. The SMILES string of the molecule is CN(C)B1B(N(C)C)c2ccccc2-c2ccccc21. The summed E-state index contributed by atoms with van der Waals surface area (Å²) < 4.78 is 0. The number of hydrogen-bond donors (Lipinski definition) is 0. The Morgan fingerprint density at radius 1 is 0.600 bits per heavy atom. The number of hydrogen-bond acceptors (Lipinski definition) is 2. The molecule has 0 amide bonds. The molecule has 0 bridgehead atoms. The van der Waals surface area contributed by atoms with Gasteiger partial charge in [-0.25, -0.2) is 0 Å². The molecule has 0 atom stereocenters. The zero-order chi connectivity index (χ0) is 14.3. The van der Waals surface area contributed by atoms with Crippen LogP contribution in [0, 0.1) is 0 Å². The minimum atomic E-state index is 0.385. The Bertz CT molecular complexity index is 570. The summed E-state index contributed by atoms with van der Waals surface area (Å²) in [7, 11) is 8.69. The van der Waals surface area contributed by atoms with Crippen molar-refractivity contribution < 1.29 is 0 Å². The molecule has 0 fully saturated rings. The van der Waals surface area contributed by atoms with Crippen molar-refractivity contribution in [3.05, 3.63) is 48.5 Å². The Morgan fingerprint density at radius 2 is 0.950 bits per heavy atom. The van der Waals surface area contributed by atoms with Gasteiger partial charge in [0.05, 0.1) is 0 Å². The van der Waals surface area contributed by atoms with Crippen LogP contribution in [-0.2, 0) is 0 Å². The van der Waals surface area contributed by atoms with Gasteiger partial charge in [0.1, 0.15) is 0 Å². The van der Waals surface area contributed by atoms with E-state index in [0.717, 1.165) is 0 Å². The van der Waals surface area contributed by atoms with Gasteiger partial charge in [-0.1, -0.05) is 59.5 Å². The Labute approximate surface area is 122 Å². The van der Waals surface area contributed by atoms with Gasteiger partial charge in [-0.3, -0.25) is 0 Å². The standard InChI is InChI=1S/C16H20B2N2/c1-19(2)17-15-11-7-5-9-13(15)14-10-6-8-12-16(14)18(17)20(3)4/h5-12H,1-4H3. The summed E-state index contributed by atoms with van der Waals surface area (Å²) in [4.78, 5) is 4.67. The molecule has 2 aromatic carbocycles. The van der Waals surface area contributed by atoms with Gasteiger partial charge in [0.2, 0.25) is 13.5 Å². The third-order valence-corrected chi connectivity index (χ3v) is 4.26. The first-order valence-electron chi connectivity index (χ1n) is 7.12. The smallest absolute Gasteiger partial charge is 0.247 e. The monoisotopic (exact) mass is 262 g/mol. The van der Waals surface area contributed by atoms with Gasteiger partial charge in [0.25, 0.3) is 0 Å². The van der Waals surface area contributed by atoms with Crippen LogP contribution >= 0.6 is 0 Å². The lowest BCUT2D eigenvalue weighted by Gasteiger charge is -2.37. The summed E-state index contributed by atoms with van der Waals surface area (Å²) in [5.41, 5.74) is 5.60.